The number of hydrogen-bond donors (Lipinski definition) is 2. The molecule has 3 unspecified atom stereocenters. The van der Waals surface area contributed by atoms with Gasteiger partial charge in [-0.25, -0.2) is 14.4 Å². The number of nitrogens with one attached hydrogen (secondary N) is 2. The summed E-state index contributed by atoms with van der Waals surface area (Å²) in [7, 11) is 0. The first-order chi connectivity index (χ1) is 15.5. The van der Waals surface area contributed by atoms with Gasteiger partial charge in [0.1, 0.15) is 17.4 Å². The lowest BCUT2D eigenvalue weighted by Gasteiger charge is -2.30. The molecule has 2 aliphatic carbocycles. The van der Waals surface area contributed by atoms with E-state index in [9.17, 15) is 14.0 Å². The van der Waals surface area contributed by atoms with Crippen LogP contribution in [0, 0.1) is 17.2 Å². The van der Waals surface area contributed by atoms with Crippen LogP contribution < -0.4 is 15.6 Å². The van der Waals surface area contributed by atoms with E-state index in [1.807, 2.05) is 6.07 Å². The minimum atomic E-state index is -0.436. The number of halogens is 1. The molecular weight excluding hydrogens is 411 g/mol. The van der Waals surface area contributed by atoms with E-state index < -0.39 is 5.82 Å². The first-order valence-electron chi connectivity index (χ1n) is 10.8. The molecule has 3 aromatic rings. The van der Waals surface area contributed by atoms with Gasteiger partial charge in [-0.2, -0.15) is 0 Å². The zero-order valence-corrected chi connectivity index (χ0v) is 17.4. The second kappa shape index (κ2) is 8.18. The van der Waals surface area contributed by atoms with E-state index in [0.717, 1.165) is 43.9 Å². The van der Waals surface area contributed by atoms with E-state index in [0.29, 0.717) is 17.5 Å². The van der Waals surface area contributed by atoms with Gasteiger partial charge in [-0.3, -0.25) is 9.59 Å². The predicted molar refractivity (Wildman–Crippen MR) is 116 cm³/mol. The Morgan fingerprint density at radius 3 is 2.75 bits per heavy atom. The first-order valence-corrected chi connectivity index (χ1v) is 10.8. The number of amides is 1. The van der Waals surface area contributed by atoms with Gasteiger partial charge >= 0.3 is 0 Å². The molecule has 5 rings (SSSR count). The summed E-state index contributed by atoms with van der Waals surface area (Å²) in [5.74, 6) is 1.08. The molecule has 1 amide bonds. The lowest BCUT2D eigenvalue weighted by molar-refractivity contribution is -0.118. The molecule has 32 heavy (non-hydrogen) atoms. The van der Waals surface area contributed by atoms with Crippen molar-refractivity contribution in [3.8, 4) is 11.6 Å². The number of rotatable bonds is 5. The third-order valence-electron chi connectivity index (χ3n) is 6.58. The third-order valence-corrected chi connectivity index (χ3v) is 6.58. The average Bonchev–Trinajstić information content (AvgIpc) is 3.50. The topological polar surface area (TPSA) is 97.0 Å². The number of H-pyrrole nitrogens is 1. The van der Waals surface area contributed by atoms with Crippen LogP contribution in [0.2, 0.25) is 0 Å². The Kier molecular flexibility index (Phi) is 5.20. The van der Waals surface area contributed by atoms with Crippen molar-refractivity contribution in [3.05, 3.63) is 76.7 Å². The maximum Gasteiger partial charge on any atom is 0.247 e. The summed E-state index contributed by atoms with van der Waals surface area (Å²) in [5.41, 5.74) is 1.09. The Morgan fingerprint density at radius 2 is 2.03 bits per heavy atom. The molecule has 2 saturated carbocycles. The van der Waals surface area contributed by atoms with Crippen LogP contribution in [0.4, 0.5) is 10.2 Å². The smallest absolute Gasteiger partial charge is 0.247 e. The lowest BCUT2D eigenvalue weighted by Crippen LogP contribution is -2.23. The van der Waals surface area contributed by atoms with Gasteiger partial charge in [-0.1, -0.05) is 12.5 Å². The molecule has 0 aromatic carbocycles. The van der Waals surface area contributed by atoms with Crippen LogP contribution in [0.15, 0.2) is 59.8 Å². The molecular formula is C24H23FN4O3. The van der Waals surface area contributed by atoms with Crippen LogP contribution in [0.3, 0.4) is 0 Å². The predicted octanol–water partition coefficient (Wildman–Crippen LogP) is 4.40. The van der Waals surface area contributed by atoms with Gasteiger partial charge in [0.05, 0.1) is 12.4 Å². The zero-order chi connectivity index (χ0) is 22.1. The van der Waals surface area contributed by atoms with Gasteiger partial charge in [-0.05, 0) is 60.8 Å². The maximum atomic E-state index is 12.9. The van der Waals surface area contributed by atoms with Gasteiger partial charge in [0.25, 0.3) is 0 Å². The second-order valence-corrected chi connectivity index (χ2v) is 8.68. The molecule has 0 aliphatic heterocycles. The lowest BCUT2D eigenvalue weighted by atomic mass is 9.75. The van der Waals surface area contributed by atoms with E-state index in [2.05, 4.69) is 20.3 Å². The van der Waals surface area contributed by atoms with Gasteiger partial charge in [0.2, 0.25) is 17.3 Å². The summed E-state index contributed by atoms with van der Waals surface area (Å²) in [6.07, 6.45) is 9.43. The largest absolute Gasteiger partial charge is 0.437 e. The van der Waals surface area contributed by atoms with Gasteiger partial charge in [0.15, 0.2) is 0 Å². The molecule has 0 radical (unpaired) electrons. The van der Waals surface area contributed by atoms with Crippen LogP contribution in [-0.4, -0.2) is 20.9 Å². The number of carbonyl (C=O) groups excluding carboxylic acids is 1. The highest BCUT2D eigenvalue weighted by Gasteiger charge is 2.59. The SMILES string of the molecule is O=C(Nc1ccc(Oc2ccc(F)cn2)cn1)C1CC12CCCC(c1ccc(=O)[nH]c1)C2. The Hall–Kier alpha value is -3.55. The van der Waals surface area contributed by atoms with E-state index in [-0.39, 0.29) is 28.7 Å². The minimum Gasteiger partial charge on any atom is -0.437 e. The van der Waals surface area contributed by atoms with Gasteiger partial charge < -0.3 is 15.0 Å². The van der Waals surface area contributed by atoms with Crippen molar-refractivity contribution in [2.24, 2.45) is 11.3 Å². The quantitative estimate of drug-likeness (QED) is 0.620. The molecule has 2 N–H and O–H groups in total. The molecule has 8 heteroatoms. The highest BCUT2D eigenvalue weighted by atomic mass is 19.1. The Balaban J connectivity index is 1.19. The Bertz CT molecular complexity index is 1160. The normalized spacial score (nSPS) is 24.2. The zero-order valence-electron chi connectivity index (χ0n) is 17.4. The summed E-state index contributed by atoms with van der Waals surface area (Å²) in [6, 6.07) is 9.53. The molecule has 164 valence electrons. The van der Waals surface area contributed by atoms with Crippen molar-refractivity contribution in [1.29, 1.82) is 0 Å². The van der Waals surface area contributed by atoms with E-state index in [1.54, 1.807) is 24.4 Å². The van der Waals surface area contributed by atoms with Gasteiger partial charge in [0, 0.05) is 24.2 Å². The van der Waals surface area contributed by atoms with Crippen molar-refractivity contribution in [3.63, 3.8) is 0 Å². The molecule has 0 bridgehead atoms. The Morgan fingerprint density at radius 1 is 1.12 bits per heavy atom. The van der Waals surface area contributed by atoms with Crippen LogP contribution in [0.1, 0.15) is 43.6 Å². The molecule has 3 aromatic heterocycles. The van der Waals surface area contributed by atoms with Crippen LogP contribution in [0.5, 0.6) is 11.6 Å². The van der Waals surface area contributed by atoms with Gasteiger partial charge in [-0.15, -0.1) is 0 Å². The molecule has 1 spiro atoms. The fraction of sp³-hybridized carbons (Fsp3) is 0.333. The molecule has 2 aliphatic rings. The summed E-state index contributed by atoms with van der Waals surface area (Å²) in [6.45, 7) is 0. The highest BCUT2D eigenvalue weighted by molar-refractivity contribution is 5.94. The minimum absolute atomic E-state index is 0.00603. The molecule has 3 atom stereocenters. The van der Waals surface area contributed by atoms with Crippen LogP contribution in [-0.2, 0) is 4.79 Å². The number of anilines is 1. The number of hydrogen-bond acceptors (Lipinski definition) is 5. The van der Waals surface area contributed by atoms with E-state index in [1.165, 1.54) is 18.3 Å². The van der Waals surface area contributed by atoms with Crippen molar-refractivity contribution in [1.82, 2.24) is 15.0 Å². The molecule has 3 heterocycles. The number of nitrogens with zero attached hydrogens (tertiary/aromatic N) is 2. The molecule has 2 fully saturated rings. The Labute approximate surface area is 184 Å². The van der Waals surface area contributed by atoms with Crippen molar-refractivity contribution < 1.29 is 13.9 Å². The highest BCUT2D eigenvalue weighted by Crippen LogP contribution is 2.64. The number of carbonyl (C=O) groups is 1. The fourth-order valence-corrected chi connectivity index (χ4v) is 4.85. The van der Waals surface area contributed by atoms with Crippen LogP contribution >= 0.6 is 0 Å². The summed E-state index contributed by atoms with van der Waals surface area (Å²) in [5, 5.41) is 2.92. The third kappa shape index (κ3) is 4.26. The maximum absolute atomic E-state index is 12.9. The molecule has 0 saturated heterocycles. The fourth-order valence-electron chi connectivity index (χ4n) is 4.85. The number of pyridine rings is 3. The number of aromatic nitrogens is 3. The first kappa shape index (κ1) is 20.4. The number of ether oxygens (including phenoxy) is 1. The number of aromatic amines is 1. The van der Waals surface area contributed by atoms with Crippen molar-refractivity contribution in [2.75, 3.05) is 5.32 Å². The average molecular weight is 434 g/mol. The van der Waals surface area contributed by atoms with Crippen molar-refractivity contribution in [2.45, 2.75) is 38.0 Å². The van der Waals surface area contributed by atoms with Crippen molar-refractivity contribution >= 4 is 11.7 Å². The summed E-state index contributed by atoms with van der Waals surface area (Å²) in [4.78, 5) is 35.1. The monoisotopic (exact) mass is 434 g/mol. The van der Waals surface area contributed by atoms with E-state index >= 15 is 0 Å². The summed E-state index contributed by atoms with van der Waals surface area (Å²) < 4.78 is 18.5. The molecule has 7 nitrogen and oxygen atoms in total. The summed E-state index contributed by atoms with van der Waals surface area (Å²) >= 11 is 0. The van der Waals surface area contributed by atoms with E-state index in [4.69, 9.17) is 4.74 Å². The van der Waals surface area contributed by atoms with Crippen LogP contribution in [0.25, 0.3) is 0 Å². The second-order valence-electron chi connectivity index (χ2n) is 8.68. The standard InChI is InChI=1S/C24H23FN4O3/c25-17-4-8-22(28-13-17)32-18-5-6-20(26-14-18)29-23(31)19-11-24(19)9-1-2-15(10-24)16-3-7-21(30)27-12-16/h3-8,12-15,19H,1-2,9-11H2,(H,27,30)(H,26,29,31).